The maximum atomic E-state index is 12.2. The molecule has 0 aliphatic heterocycles. The molecule has 0 saturated heterocycles. The Bertz CT molecular complexity index is 1080. The Hall–Kier alpha value is -3.66. The predicted octanol–water partition coefficient (Wildman–Crippen LogP) is 2.95. The molecule has 0 atom stereocenters. The maximum Gasteiger partial charge on any atom is 0.337 e. The third-order valence-electron chi connectivity index (χ3n) is 3.82. The summed E-state index contributed by atoms with van der Waals surface area (Å²) >= 11 is 1.17. The van der Waals surface area contributed by atoms with Gasteiger partial charge in [-0.25, -0.2) is 9.78 Å². The summed E-state index contributed by atoms with van der Waals surface area (Å²) in [5, 5.41) is 12.8. The Kier molecular flexibility index (Phi) is 6.81. The van der Waals surface area contributed by atoms with Gasteiger partial charge in [0.25, 0.3) is 0 Å². The average molecular weight is 425 g/mol. The van der Waals surface area contributed by atoms with Crippen molar-refractivity contribution in [1.82, 2.24) is 15.2 Å². The second-order valence-corrected chi connectivity index (χ2v) is 7.08. The molecular formula is C20H19N5O4S. The normalized spacial score (nSPS) is 10.3. The molecule has 2 aromatic carbocycles. The number of thioether (sulfide) groups is 1. The van der Waals surface area contributed by atoms with Crippen molar-refractivity contribution < 1.29 is 19.1 Å². The number of hydrogen-bond donors (Lipinski definition) is 3. The lowest BCUT2D eigenvalue weighted by molar-refractivity contribution is -0.114. The van der Waals surface area contributed by atoms with E-state index in [1.54, 1.807) is 42.5 Å². The van der Waals surface area contributed by atoms with Gasteiger partial charge in [-0.15, -0.1) is 5.10 Å². The van der Waals surface area contributed by atoms with Gasteiger partial charge in [-0.3, -0.25) is 14.7 Å². The van der Waals surface area contributed by atoms with Crippen LogP contribution in [0.5, 0.6) is 0 Å². The Balaban J connectivity index is 1.58. The summed E-state index contributed by atoms with van der Waals surface area (Å²) in [6.45, 7) is 1.44. The van der Waals surface area contributed by atoms with Crippen LogP contribution in [-0.2, 0) is 14.3 Å². The van der Waals surface area contributed by atoms with Gasteiger partial charge in [0.05, 0.1) is 18.4 Å². The van der Waals surface area contributed by atoms with E-state index < -0.39 is 5.97 Å². The molecule has 3 rings (SSSR count). The van der Waals surface area contributed by atoms with Gasteiger partial charge >= 0.3 is 5.97 Å². The van der Waals surface area contributed by atoms with Crippen LogP contribution in [-0.4, -0.2) is 45.8 Å². The minimum Gasteiger partial charge on any atom is -0.465 e. The van der Waals surface area contributed by atoms with E-state index in [0.29, 0.717) is 27.9 Å². The number of esters is 1. The molecule has 0 spiro atoms. The Morgan fingerprint density at radius 3 is 2.53 bits per heavy atom. The van der Waals surface area contributed by atoms with Crippen molar-refractivity contribution in [1.29, 1.82) is 0 Å². The van der Waals surface area contributed by atoms with Crippen LogP contribution in [0, 0.1) is 0 Å². The number of carbonyl (C=O) groups excluding carboxylic acids is 3. The van der Waals surface area contributed by atoms with Crippen LogP contribution in [0.1, 0.15) is 17.3 Å². The fraction of sp³-hybridized carbons (Fsp3) is 0.150. The number of H-pyrrole nitrogens is 1. The summed E-state index contributed by atoms with van der Waals surface area (Å²) in [7, 11) is 1.30. The number of aromatic nitrogens is 3. The lowest BCUT2D eigenvalue weighted by atomic mass is 10.2. The van der Waals surface area contributed by atoms with Crippen LogP contribution < -0.4 is 10.6 Å². The van der Waals surface area contributed by atoms with Gasteiger partial charge in [-0.05, 0) is 30.3 Å². The molecule has 10 heteroatoms. The molecule has 154 valence electrons. The molecule has 30 heavy (non-hydrogen) atoms. The van der Waals surface area contributed by atoms with Crippen molar-refractivity contribution >= 4 is 40.9 Å². The minimum absolute atomic E-state index is 0.0890. The summed E-state index contributed by atoms with van der Waals surface area (Å²) in [5.41, 5.74) is 2.25. The lowest BCUT2D eigenvalue weighted by Gasteiger charge is -2.06. The zero-order chi connectivity index (χ0) is 21.5. The second kappa shape index (κ2) is 9.70. The van der Waals surface area contributed by atoms with Crippen LogP contribution in [0.25, 0.3) is 11.4 Å². The lowest BCUT2D eigenvalue weighted by Crippen LogP contribution is -2.14. The van der Waals surface area contributed by atoms with Crippen molar-refractivity contribution in [3.8, 4) is 11.4 Å². The van der Waals surface area contributed by atoms with E-state index in [1.165, 1.54) is 25.8 Å². The molecular weight excluding hydrogens is 406 g/mol. The smallest absolute Gasteiger partial charge is 0.337 e. The van der Waals surface area contributed by atoms with E-state index in [2.05, 4.69) is 30.6 Å². The predicted molar refractivity (Wildman–Crippen MR) is 113 cm³/mol. The first kappa shape index (κ1) is 21.1. The molecule has 0 radical (unpaired) electrons. The summed E-state index contributed by atoms with van der Waals surface area (Å²) in [4.78, 5) is 39.4. The van der Waals surface area contributed by atoms with Gasteiger partial charge in [0.15, 0.2) is 5.82 Å². The molecule has 0 fully saturated rings. The SMILES string of the molecule is COC(=O)c1cccc(NC(=O)CSc2n[nH]c(-c3cccc(NC(C)=O)c3)n2)c1. The Labute approximate surface area is 176 Å². The molecule has 0 aliphatic rings. The van der Waals surface area contributed by atoms with Gasteiger partial charge in [-0.2, -0.15) is 0 Å². The summed E-state index contributed by atoms with van der Waals surface area (Å²) in [6.07, 6.45) is 0. The molecule has 9 nitrogen and oxygen atoms in total. The van der Waals surface area contributed by atoms with E-state index in [0.717, 1.165) is 5.56 Å². The van der Waals surface area contributed by atoms with E-state index >= 15 is 0 Å². The molecule has 3 aromatic rings. The fourth-order valence-corrected chi connectivity index (χ4v) is 3.15. The van der Waals surface area contributed by atoms with Crippen molar-refractivity contribution in [2.75, 3.05) is 23.5 Å². The maximum absolute atomic E-state index is 12.2. The average Bonchev–Trinajstić information content (AvgIpc) is 3.21. The van der Waals surface area contributed by atoms with E-state index in [9.17, 15) is 14.4 Å². The molecule has 0 aliphatic carbocycles. The molecule has 1 heterocycles. The summed E-state index contributed by atoms with van der Waals surface area (Å²) in [6, 6.07) is 13.7. The van der Waals surface area contributed by atoms with E-state index in [1.807, 2.05) is 6.07 Å². The van der Waals surface area contributed by atoms with Crippen molar-refractivity contribution in [2.45, 2.75) is 12.1 Å². The number of anilines is 2. The van der Waals surface area contributed by atoms with Gasteiger partial charge in [0.1, 0.15) is 0 Å². The zero-order valence-electron chi connectivity index (χ0n) is 16.3. The van der Waals surface area contributed by atoms with Crippen LogP contribution in [0.3, 0.4) is 0 Å². The van der Waals surface area contributed by atoms with Crippen molar-refractivity contribution in [2.24, 2.45) is 0 Å². The highest BCUT2D eigenvalue weighted by Crippen LogP contribution is 2.22. The molecule has 0 bridgehead atoms. The van der Waals surface area contributed by atoms with Crippen LogP contribution in [0.2, 0.25) is 0 Å². The molecule has 0 unspecified atom stereocenters. The third kappa shape index (κ3) is 5.67. The first-order valence-corrected chi connectivity index (χ1v) is 9.84. The Morgan fingerprint density at radius 2 is 1.80 bits per heavy atom. The summed E-state index contributed by atoms with van der Waals surface area (Å²) < 4.78 is 4.67. The number of amides is 2. The first-order chi connectivity index (χ1) is 14.4. The zero-order valence-corrected chi connectivity index (χ0v) is 17.1. The van der Waals surface area contributed by atoms with Crippen LogP contribution in [0.4, 0.5) is 11.4 Å². The number of carbonyl (C=O) groups is 3. The highest BCUT2D eigenvalue weighted by atomic mass is 32.2. The number of benzene rings is 2. The van der Waals surface area contributed by atoms with Crippen LogP contribution >= 0.6 is 11.8 Å². The first-order valence-electron chi connectivity index (χ1n) is 8.86. The topological polar surface area (TPSA) is 126 Å². The Morgan fingerprint density at radius 1 is 1.07 bits per heavy atom. The standard InChI is InChI=1S/C20H19N5O4S/c1-12(26)21-15-7-3-5-13(9-15)18-23-20(25-24-18)30-11-17(27)22-16-8-4-6-14(10-16)19(28)29-2/h3-10H,11H2,1-2H3,(H,21,26)(H,22,27)(H,23,24,25). The quantitative estimate of drug-likeness (QED) is 0.392. The highest BCUT2D eigenvalue weighted by Gasteiger charge is 2.11. The largest absolute Gasteiger partial charge is 0.465 e. The highest BCUT2D eigenvalue weighted by molar-refractivity contribution is 7.99. The van der Waals surface area contributed by atoms with Crippen molar-refractivity contribution in [3.63, 3.8) is 0 Å². The number of hydrogen-bond acceptors (Lipinski definition) is 7. The number of rotatable bonds is 7. The molecule has 1 aromatic heterocycles. The van der Waals surface area contributed by atoms with Gasteiger partial charge < -0.3 is 15.4 Å². The number of nitrogens with one attached hydrogen (secondary N) is 3. The molecule has 2 amide bonds. The minimum atomic E-state index is -0.476. The number of aromatic amines is 1. The van der Waals surface area contributed by atoms with Crippen molar-refractivity contribution in [3.05, 3.63) is 54.1 Å². The monoisotopic (exact) mass is 425 g/mol. The molecule has 3 N–H and O–H groups in total. The fourth-order valence-electron chi connectivity index (χ4n) is 2.56. The number of ether oxygens (including phenoxy) is 1. The van der Waals surface area contributed by atoms with Gasteiger partial charge in [0, 0.05) is 23.9 Å². The van der Waals surface area contributed by atoms with E-state index in [-0.39, 0.29) is 17.6 Å². The summed E-state index contributed by atoms with van der Waals surface area (Å²) in [5.74, 6) is -0.289. The van der Waals surface area contributed by atoms with Crippen LogP contribution in [0.15, 0.2) is 53.7 Å². The second-order valence-electron chi connectivity index (χ2n) is 6.14. The number of nitrogens with zero attached hydrogens (tertiary/aromatic N) is 2. The van der Waals surface area contributed by atoms with Gasteiger partial charge in [-0.1, -0.05) is 30.0 Å². The number of methoxy groups -OCH3 is 1. The third-order valence-corrected chi connectivity index (χ3v) is 4.67. The van der Waals surface area contributed by atoms with Gasteiger partial charge in [0.2, 0.25) is 17.0 Å². The van der Waals surface area contributed by atoms with E-state index in [4.69, 9.17) is 0 Å². The molecule has 0 saturated carbocycles.